The number of nitrogens with zero attached hydrogens (tertiary/aromatic N) is 1. The van der Waals surface area contributed by atoms with Crippen molar-refractivity contribution in [3.8, 4) is 0 Å². The van der Waals surface area contributed by atoms with Crippen LogP contribution in [-0.2, 0) is 42.9 Å². The molecule has 0 saturated carbocycles. The number of carbonyl (C=O) groups is 5. The van der Waals surface area contributed by atoms with Gasteiger partial charge < -0.3 is 29.0 Å². The van der Waals surface area contributed by atoms with Crippen molar-refractivity contribution in [2.75, 3.05) is 6.61 Å². The highest BCUT2D eigenvalue weighted by Gasteiger charge is 2.52. The molecule has 35 heavy (non-hydrogen) atoms. The van der Waals surface area contributed by atoms with E-state index in [1.807, 2.05) is 0 Å². The largest absolute Gasteiger partial charge is 0.463 e. The average molecular weight is 496 g/mol. The van der Waals surface area contributed by atoms with Gasteiger partial charge in [-0.15, -0.1) is 0 Å². The summed E-state index contributed by atoms with van der Waals surface area (Å²) in [4.78, 5) is 69.8. The van der Waals surface area contributed by atoms with Crippen LogP contribution in [-0.4, -0.2) is 72.0 Å². The smallest absolute Gasteiger partial charge is 0.305 e. The maximum Gasteiger partial charge on any atom is 0.305 e. The van der Waals surface area contributed by atoms with Crippen molar-refractivity contribution in [3.05, 3.63) is 39.9 Å². The number of rotatable bonds is 8. The van der Waals surface area contributed by atoms with Crippen LogP contribution in [0.1, 0.15) is 38.1 Å². The van der Waals surface area contributed by atoms with Gasteiger partial charge >= 0.3 is 23.9 Å². The fraction of sp³-hybridized carbons (Fsp3) is 0.476. The van der Waals surface area contributed by atoms with E-state index in [0.717, 1.165) is 39.8 Å². The van der Waals surface area contributed by atoms with E-state index in [-0.39, 0.29) is 11.3 Å². The number of non-ortho nitro benzene ring substituents is 1. The molecule has 0 aliphatic carbocycles. The lowest BCUT2D eigenvalue weighted by Gasteiger charge is -2.44. The van der Waals surface area contributed by atoms with Crippen LogP contribution in [0, 0.1) is 10.1 Å². The van der Waals surface area contributed by atoms with Crippen LogP contribution in [0.15, 0.2) is 24.3 Å². The molecule has 190 valence electrons. The lowest BCUT2D eigenvalue weighted by atomic mass is 9.95. The van der Waals surface area contributed by atoms with Gasteiger partial charge in [-0.3, -0.25) is 34.1 Å². The van der Waals surface area contributed by atoms with Gasteiger partial charge in [-0.25, -0.2) is 0 Å². The third-order valence-electron chi connectivity index (χ3n) is 4.62. The number of nitrogens with one attached hydrogen (secondary N) is 1. The van der Waals surface area contributed by atoms with Crippen molar-refractivity contribution in [2.45, 2.75) is 58.3 Å². The Morgan fingerprint density at radius 3 is 1.91 bits per heavy atom. The van der Waals surface area contributed by atoms with Crippen molar-refractivity contribution in [3.63, 3.8) is 0 Å². The van der Waals surface area contributed by atoms with E-state index in [0.29, 0.717) is 0 Å². The Labute approximate surface area is 198 Å². The fourth-order valence-corrected chi connectivity index (χ4v) is 3.29. The normalized spacial score (nSPS) is 23.4. The second kappa shape index (κ2) is 11.9. The molecule has 1 amide bonds. The number of nitro groups is 1. The van der Waals surface area contributed by atoms with Gasteiger partial charge in [0.1, 0.15) is 18.8 Å². The van der Waals surface area contributed by atoms with Gasteiger partial charge in [0, 0.05) is 45.4 Å². The molecule has 1 heterocycles. The predicted molar refractivity (Wildman–Crippen MR) is 113 cm³/mol. The fourth-order valence-electron chi connectivity index (χ4n) is 3.29. The van der Waals surface area contributed by atoms with Crippen LogP contribution >= 0.6 is 0 Å². The summed E-state index contributed by atoms with van der Waals surface area (Å²) in [6.07, 6.45) is -5.59. The molecule has 1 aliphatic rings. The molecule has 1 fully saturated rings. The first-order valence-electron chi connectivity index (χ1n) is 10.2. The molecule has 14 nitrogen and oxygen atoms in total. The number of esters is 4. The Kier molecular flexibility index (Phi) is 9.22. The van der Waals surface area contributed by atoms with Gasteiger partial charge in [-0.05, 0) is 12.1 Å². The molecule has 14 heteroatoms. The quantitative estimate of drug-likeness (QED) is 0.226. The zero-order valence-electron chi connectivity index (χ0n) is 19.2. The van der Waals surface area contributed by atoms with Crippen LogP contribution < -0.4 is 5.32 Å². The molecular weight excluding hydrogens is 472 g/mol. The van der Waals surface area contributed by atoms with Crippen LogP contribution in [0.2, 0.25) is 0 Å². The zero-order chi connectivity index (χ0) is 26.3. The summed E-state index contributed by atoms with van der Waals surface area (Å²) in [5.74, 6) is -3.91. The Balaban J connectivity index is 2.44. The highest BCUT2D eigenvalue weighted by molar-refractivity contribution is 5.94. The second-order valence-corrected chi connectivity index (χ2v) is 7.41. The molecule has 1 aliphatic heterocycles. The average Bonchev–Trinajstić information content (AvgIpc) is 2.75. The summed E-state index contributed by atoms with van der Waals surface area (Å²) < 4.78 is 26.4. The minimum Gasteiger partial charge on any atom is -0.463 e. The lowest BCUT2D eigenvalue weighted by Crippen LogP contribution is -2.67. The van der Waals surface area contributed by atoms with Crippen molar-refractivity contribution in [1.29, 1.82) is 0 Å². The molecular formula is C21H24N2O12. The molecule has 0 aromatic heterocycles. The maximum atomic E-state index is 12.9. The molecule has 0 spiro atoms. The van der Waals surface area contributed by atoms with Crippen molar-refractivity contribution in [2.24, 2.45) is 0 Å². The highest BCUT2D eigenvalue weighted by Crippen LogP contribution is 2.28. The first-order valence-corrected chi connectivity index (χ1v) is 10.2. The number of hydrogen-bond donors (Lipinski definition) is 1. The van der Waals surface area contributed by atoms with E-state index in [2.05, 4.69) is 5.32 Å². The van der Waals surface area contributed by atoms with Gasteiger partial charge in [0.15, 0.2) is 12.2 Å². The van der Waals surface area contributed by atoms with E-state index in [9.17, 15) is 34.1 Å². The summed E-state index contributed by atoms with van der Waals surface area (Å²) >= 11 is 0. The predicted octanol–water partition coefficient (Wildman–Crippen LogP) is 0.408. The Hall–Kier alpha value is -4.07. The molecule has 1 aromatic carbocycles. The van der Waals surface area contributed by atoms with Crippen molar-refractivity contribution >= 4 is 35.5 Å². The summed E-state index contributed by atoms with van der Waals surface area (Å²) in [6, 6.07) is 3.20. The molecule has 2 rings (SSSR count). The van der Waals surface area contributed by atoms with Crippen LogP contribution in [0.25, 0.3) is 0 Å². The van der Waals surface area contributed by atoms with Gasteiger partial charge in [0.2, 0.25) is 6.29 Å². The minimum absolute atomic E-state index is 0.00942. The molecule has 0 bridgehead atoms. The minimum atomic E-state index is -1.55. The molecule has 0 radical (unpaired) electrons. The molecule has 1 saturated heterocycles. The molecule has 5 atom stereocenters. The molecule has 5 unspecified atom stereocenters. The monoisotopic (exact) mass is 496 g/mol. The number of ether oxygens (including phenoxy) is 5. The van der Waals surface area contributed by atoms with Gasteiger partial charge in [0.25, 0.3) is 11.6 Å². The van der Waals surface area contributed by atoms with Crippen molar-refractivity contribution in [1.82, 2.24) is 5.32 Å². The summed E-state index contributed by atoms with van der Waals surface area (Å²) in [5.41, 5.74) is -0.258. The van der Waals surface area contributed by atoms with E-state index in [4.69, 9.17) is 23.7 Å². The topological polar surface area (TPSA) is 187 Å². The number of carbonyl (C=O) groups excluding carboxylic acids is 5. The van der Waals surface area contributed by atoms with Crippen LogP contribution in [0.5, 0.6) is 0 Å². The molecule has 1 aromatic rings. The maximum absolute atomic E-state index is 12.9. The SMILES string of the molecule is CC(=O)OCC1OC(OC(C)=O)C(NC(=O)c2ccc([N+](=O)[O-])cc2)C(OC(C)=O)C1OC(C)=O. The van der Waals surface area contributed by atoms with Gasteiger partial charge in [0.05, 0.1) is 4.92 Å². The lowest BCUT2D eigenvalue weighted by molar-refractivity contribution is -0.384. The summed E-state index contributed by atoms with van der Waals surface area (Å²) in [5, 5.41) is 13.4. The Morgan fingerprint density at radius 1 is 0.886 bits per heavy atom. The summed E-state index contributed by atoms with van der Waals surface area (Å²) in [7, 11) is 0. The van der Waals surface area contributed by atoms with Gasteiger partial charge in [-0.2, -0.15) is 0 Å². The Morgan fingerprint density at radius 2 is 1.43 bits per heavy atom. The number of amides is 1. The second-order valence-electron chi connectivity index (χ2n) is 7.41. The standard InChI is InChI=1S/C21H24N2O12/c1-10(24)31-9-16-18(32-11(2)25)19(33-12(3)26)17(21(35-16)34-13(4)27)22-20(28)14-5-7-15(8-6-14)23(29)30/h5-8,16-19,21H,9H2,1-4H3,(H,22,28). The van der Waals surface area contributed by atoms with Crippen LogP contribution in [0.4, 0.5) is 5.69 Å². The third-order valence-corrected chi connectivity index (χ3v) is 4.62. The van der Waals surface area contributed by atoms with Crippen molar-refractivity contribution < 1.29 is 52.6 Å². The number of benzene rings is 1. The highest BCUT2D eigenvalue weighted by atomic mass is 16.7. The molecule has 1 N–H and O–H groups in total. The number of hydrogen-bond acceptors (Lipinski definition) is 12. The summed E-state index contributed by atoms with van der Waals surface area (Å²) in [6.45, 7) is 3.89. The van der Waals surface area contributed by atoms with Gasteiger partial charge in [-0.1, -0.05) is 0 Å². The van der Waals surface area contributed by atoms with E-state index >= 15 is 0 Å². The van der Waals surface area contributed by atoms with Crippen LogP contribution in [0.3, 0.4) is 0 Å². The van der Waals surface area contributed by atoms with E-state index < -0.39 is 72.0 Å². The third kappa shape index (κ3) is 7.74. The first-order chi connectivity index (χ1) is 16.4. The Bertz CT molecular complexity index is 993. The van der Waals surface area contributed by atoms with E-state index in [1.165, 1.54) is 12.1 Å². The van der Waals surface area contributed by atoms with E-state index in [1.54, 1.807) is 0 Å². The zero-order valence-corrected chi connectivity index (χ0v) is 19.2. The number of nitro benzene ring substituents is 1. The first kappa shape index (κ1) is 27.2.